The van der Waals surface area contributed by atoms with Crippen molar-refractivity contribution < 1.29 is 18.3 Å². The first kappa shape index (κ1) is 14.5. The van der Waals surface area contributed by atoms with Gasteiger partial charge in [0.2, 0.25) is 0 Å². The van der Waals surface area contributed by atoms with Gasteiger partial charge < -0.3 is 10.4 Å². The number of benzene rings is 1. The average Bonchev–Trinajstić information content (AvgIpc) is 2.74. The summed E-state index contributed by atoms with van der Waals surface area (Å²) < 4.78 is 37.4. The summed E-state index contributed by atoms with van der Waals surface area (Å²) in [6.45, 7) is 0.304. The van der Waals surface area contributed by atoms with E-state index in [1.165, 1.54) is 6.07 Å². The van der Waals surface area contributed by atoms with Gasteiger partial charge in [0, 0.05) is 6.54 Å². The molecule has 1 aromatic rings. The second kappa shape index (κ2) is 5.21. The van der Waals surface area contributed by atoms with Crippen molar-refractivity contribution in [1.82, 2.24) is 0 Å². The molecule has 1 aliphatic rings. The van der Waals surface area contributed by atoms with E-state index in [-0.39, 0.29) is 5.02 Å². The molecule has 0 bridgehead atoms. The molecule has 0 amide bonds. The van der Waals surface area contributed by atoms with Gasteiger partial charge in [-0.1, -0.05) is 24.4 Å². The third kappa shape index (κ3) is 3.54. The Hall–Kier alpha value is -0.940. The molecule has 2 nitrogen and oxygen atoms in total. The predicted octanol–water partition coefficient (Wildman–Crippen LogP) is 4.08. The molecule has 1 fully saturated rings. The SMILES string of the molecule is OC1(CNc2ccc(C(F)(F)F)cc2Cl)CCCC1. The molecule has 2 N–H and O–H groups in total. The van der Waals surface area contributed by atoms with E-state index in [2.05, 4.69) is 5.32 Å². The highest BCUT2D eigenvalue weighted by Gasteiger charge is 2.32. The Kier molecular flexibility index (Phi) is 3.97. The molecule has 0 aromatic heterocycles. The molecule has 2 rings (SSSR count). The number of halogens is 4. The van der Waals surface area contributed by atoms with Crippen molar-refractivity contribution in [3.05, 3.63) is 28.8 Å². The Morgan fingerprint density at radius 2 is 1.89 bits per heavy atom. The van der Waals surface area contributed by atoms with Gasteiger partial charge in [-0.3, -0.25) is 0 Å². The lowest BCUT2D eigenvalue weighted by atomic mass is 10.0. The molecule has 1 saturated carbocycles. The van der Waals surface area contributed by atoms with E-state index in [4.69, 9.17) is 11.6 Å². The monoisotopic (exact) mass is 293 g/mol. The predicted molar refractivity (Wildman–Crippen MR) is 68.4 cm³/mol. The smallest absolute Gasteiger partial charge is 0.388 e. The van der Waals surface area contributed by atoms with Crippen LogP contribution in [0.5, 0.6) is 0 Å². The van der Waals surface area contributed by atoms with Gasteiger partial charge in [-0.25, -0.2) is 0 Å². The van der Waals surface area contributed by atoms with Gasteiger partial charge in [-0.05, 0) is 31.0 Å². The van der Waals surface area contributed by atoms with E-state index in [9.17, 15) is 18.3 Å². The van der Waals surface area contributed by atoms with Gasteiger partial charge >= 0.3 is 6.18 Å². The normalized spacial score (nSPS) is 18.6. The van der Waals surface area contributed by atoms with Crippen LogP contribution in [0.4, 0.5) is 18.9 Å². The molecule has 6 heteroatoms. The Labute approximate surface area is 114 Å². The maximum Gasteiger partial charge on any atom is 0.416 e. The van der Waals surface area contributed by atoms with Crippen molar-refractivity contribution in [2.24, 2.45) is 0 Å². The lowest BCUT2D eigenvalue weighted by molar-refractivity contribution is -0.137. The maximum atomic E-state index is 12.5. The van der Waals surface area contributed by atoms with E-state index < -0.39 is 17.3 Å². The Morgan fingerprint density at radius 1 is 1.26 bits per heavy atom. The first-order valence-electron chi connectivity index (χ1n) is 6.13. The third-order valence-corrected chi connectivity index (χ3v) is 3.75. The molecular weight excluding hydrogens is 279 g/mol. The third-order valence-electron chi connectivity index (χ3n) is 3.44. The van der Waals surface area contributed by atoms with Crippen LogP contribution in [0.15, 0.2) is 18.2 Å². The topological polar surface area (TPSA) is 32.3 Å². The van der Waals surface area contributed by atoms with Crippen molar-refractivity contribution in [3.8, 4) is 0 Å². The largest absolute Gasteiger partial charge is 0.416 e. The fourth-order valence-electron chi connectivity index (χ4n) is 2.30. The molecule has 0 heterocycles. The number of nitrogens with one attached hydrogen (secondary N) is 1. The van der Waals surface area contributed by atoms with Crippen LogP contribution in [-0.4, -0.2) is 17.3 Å². The zero-order valence-corrected chi connectivity index (χ0v) is 11.0. The molecule has 19 heavy (non-hydrogen) atoms. The zero-order valence-electron chi connectivity index (χ0n) is 10.2. The Balaban J connectivity index is 2.05. The molecule has 0 saturated heterocycles. The van der Waals surface area contributed by atoms with Crippen molar-refractivity contribution in [2.75, 3.05) is 11.9 Å². The summed E-state index contributed by atoms with van der Waals surface area (Å²) in [5.41, 5.74) is -1.14. The van der Waals surface area contributed by atoms with Gasteiger partial charge in [0.1, 0.15) is 0 Å². The highest BCUT2D eigenvalue weighted by molar-refractivity contribution is 6.33. The number of rotatable bonds is 3. The summed E-state index contributed by atoms with van der Waals surface area (Å²) in [5, 5.41) is 13.1. The molecule has 1 aromatic carbocycles. The summed E-state index contributed by atoms with van der Waals surface area (Å²) in [7, 11) is 0. The minimum atomic E-state index is -4.40. The fourth-order valence-corrected chi connectivity index (χ4v) is 2.55. The summed E-state index contributed by atoms with van der Waals surface area (Å²) in [5.74, 6) is 0. The second-order valence-electron chi connectivity index (χ2n) is 4.98. The Bertz CT molecular complexity index is 456. The van der Waals surface area contributed by atoms with Crippen LogP contribution in [-0.2, 0) is 6.18 Å². The van der Waals surface area contributed by atoms with Gasteiger partial charge in [-0.15, -0.1) is 0 Å². The average molecular weight is 294 g/mol. The summed E-state index contributed by atoms with van der Waals surface area (Å²) in [4.78, 5) is 0. The minimum absolute atomic E-state index is 0.0106. The van der Waals surface area contributed by atoms with Crippen molar-refractivity contribution >= 4 is 17.3 Å². The number of alkyl halides is 3. The highest BCUT2D eigenvalue weighted by atomic mass is 35.5. The van der Waals surface area contributed by atoms with Gasteiger partial charge in [0.25, 0.3) is 0 Å². The van der Waals surface area contributed by atoms with Gasteiger partial charge in [0.05, 0.1) is 21.9 Å². The van der Waals surface area contributed by atoms with Gasteiger partial charge in [-0.2, -0.15) is 13.2 Å². The lowest BCUT2D eigenvalue weighted by Gasteiger charge is -2.23. The van der Waals surface area contributed by atoms with Crippen molar-refractivity contribution in [2.45, 2.75) is 37.5 Å². The molecule has 0 atom stereocenters. The standard InChI is InChI=1S/C13H15ClF3NO/c14-10-7-9(13(15,16)17)3-4-11(10)18-8-12(19)5-1-2-6-12/h3-4,7,18-19H,1-2,5-6,8H2. The van der Waals surface area contributed by atoms with Crippen LogP contribution < -0.4 is 5.32 Å². The molecule has 0 radical (unpaired) electrons. The van der Waals surface area contributed by atoms with E-state index in [0.717, 1.165) is 25.0 Å². The second-order valence-corrected chi connectivity index (χ2v) is 5.38. The van der Waals surface area contributed by atoms with Crippen LogP contribution in [0, 0.1) is 0 Å². The Morgan fingerprint density at radius 3 is 2.42 bits per heavy atom. The summed E-state index contributed by atoms with van der Waals surface area (Å²) >= 11 is 5.82. The fraction of sp³-hybridized carbons (Fsp3) is 0.538. The van der Waals surface area contributed by atoms with Crippen molar-refractivity contribution in [1.29, 1.82) is 0 Å². The number of aliphatic hydroxyl groups is 1. The van der Waals surface area contributed by atoms with E-state index in [0.29, 0.717) is 25.1 Å². The first-order chi connectivity index (χ1) is 8.80. The molecule has 0 aliphatic heterocycles. The van der Waals surface area contributed by atoms with Crippen LogP contribution >= 0.6 is 11.6 Å². The van der Waals surface area contributed by atoms with Crippen LogP contribution in [0.25, 0.3) is 0 Å². The van der Waals surface area contributed by atoms with Crippen molar-refractivity contribution in [3.63, 3.8) is 0 Å². The zero-order chi connectivity index (χ0) is 14.1. The van der Waals surface area contributed by atoms with Gasteiger partial charge in [0.15, 0.2) is 0 Å². The number of hydrogen-bond acceptors (Lipinski definition) is 2. The lowest BCUT2D eigenvalue weighted by Crippen LogP contribution is -2.33. The quantitative estimate of drug-likeness (QED) is 0.880. The van der Waals surface area contributed by atoms with Crippen LogP contribution in [0.3, 0.4) is 0 Å². The highest BCUT2D eigenvalue weighted by Crippen LogP contribution is 2.35. The molecule has 0 unspecified atom stereocenters. The molecule has 1 aliphatic carbocycles. The molecule has 0 spiro atoms. The molecular formula is C13H15ClF3NO. The van der Waals surface area contributed by atoms with E-state index in [1.54, 1.807) is 0 Å². The summed E-state index contributed by atoms with van der Waals surface area (Å²) in [6, 6.07) is 3.17. The number of hydrogen-bond donors (Lipinski definition) is 2. The summed E-state index contributed by atoms with van der Waals surface area (Å²) in [6.07, 6.45) is -1.04. The first-order valence-corrected chi connectivity index (χ1v) is 6.51. The number of anilines is 1. The molecule has 106 valence electrons. The van der Waals surface area contributed by atoms with E-state index in [1.807, 2.05) is 0 Å². The van der Waals surface area contributed by atoms with Crippen LogP contribution in [0.1, 0.15) is 31.2 Å². The maximum absolute atomic E-state index is 12.5. The van der Waals surface area contributed by atoms with E-state index >= 15 is 0 Å². The minimum Gasteiger partial charge on any atom is -0.388 e. The van der Waals surface area contributed by atoms with Crippen LogP contribution in [0.2, 0.25) is 5.02 Å².